The average molecular weight is 312 g/mol. The Bertz CT molecular complexity index is 633. The summed E-state index contributed by atoms with van der Waals surface area (Å²) in [7, 11) is 0. The molecule has 0 radical (unpaired) electrons. The van der Waals surface area contributed by atoms with E-state index in [2.05, 4.69) is 27.9 Å². The van der Waals surface area contributed by atoms with E-state index in [1.54, 1.807) is 0 Å². The summed E-state index contributed by atoms with van der Waals surface area (Å²) in [5.74, 6) is 0.649. The van der Waals surface area contributed by atoms with Crippen molar-refractivity contribution in [2.45, 2.75) is 32.4 Å². The highest BCUT2D eigenvalue weighted by atomic mass is 16.2. The molecule has 3 rings (SSSR count). The molecule has 5 nitrogen and oxygen atoms in total. The van der Waals surface area contributed by atoms with Crippen molar-refractivity contribution in [3.8, 4) is 0 Å². The van der Waals surface area contributed by atoms with Crippen molar-refractivity contribution in [1.29, 1.82) is 0 Å². The van der Waals surface area contributed by atoms with E-state index in [9.17, 15) is 4.79 Å². The van der Waals surface area contributed by atoms with Crippen LogP contribution in [0, 0.1) is 12.8 Å². The van der Waals surface area contributed by atoms with Crippen molar-refractivity contribution in [3.63, 3.8) is 0 Å². The lowest BCUT2D eigenvalue weighted by molar-refractivity contribution is -0.121. The van der Waals surface area contributed by atoms with Gasteiger partial charge in [-0.1, -0.05) is 30.3 Å². The minimum atomic E-state index is 0.0578. The third kappa shape index (κ3) is 4.66. The Morgan fingerprint density at radius 3 is 2.78 bits per heavy atom. The quantitative estimate of drug-likeness (QED) is 0.734. The van der Waals surface area contributed by atoms with Crippen molar-refractivity contribution in [2.24, 2.45) is 5.92 Å². The van der Waals surface area contributed by atoms with E-state index in [-0.39, 0.29) is 11.9 Å². The van der Waals surface area contributed by atoms with E-state index < -0.39 is 0 Å². The number of carbonyl (C=O) groups is 1. The maximum atomic E-state index is 12.2. The molecule has 1 heterocycles. The molecule has 2 aromatic rings. The Morgan fingerprint density at radius 2 is 2.13 bits per heavy atom. The number of hydrogen-bond donors (Lipinski definition) is 2. The summed E-state index contributed by atoms with van der Waals surface area (Å²) >= 11 is 0. The first-order chi connectivity index (χ1) is 11.2. The third-order valence-corrected chi connectivity index (χ3v) is 4.13. The van der Waals surface area contributed by atoms with Crippen molar-refractivity contribution in [1.82, 2.24) is 20.4 Å². The zero-order valence-corrected chi connectivity index (χ0v) is 13.5. The van der Waals surface area contributed by atoms with E-state index in [0.29, 0.717) is 12.5 Å². The third-order valence-electron chi connectivity index (χ3n) is 4.13. The summed E-state index contributed by atoms with van der Waals surface area (Å²) in [6.45, 7) is 3.86. The van der Waals surface area contributed by atoms with Gasteiger partial charge in [-0.05, 0) is 36.8 Å². The van der Waals surface area contributed by atoms with Crippen LogP contribution in [-0.4, -0.2) is 28.8 Å². The Balaban J connectivity index is 1.42. The van der Waals surface area contributed by atoms with Crippen LogP contribution in [0.4, 0.5) is 0 Å². The van der Waals surface area contributed by atoms with E-state index >= 15 is 0 Å². The number of amides is 1. The fourth-order valence-corrected chi connectivity index (χ4v) is 2.77. The van der Waals surface area contributed by atoms with Gasteiger partial charge in [0.1, 0.15) is 0 Å². The van der Waals surface area contributed by atoms with Gasteiger partial charge < -0.3 is 10.6 Å². The summed E-state index contributed by atoms with van der Waals surface area (Å²) in [4.78, 5) is 12.2. The fraction of sp³-hybridized carbons (Fsp3) is 0.444. The second-order valence-electron chi connectivity index (χ2n) is 6.25. The van der Waals surface area contributed by atoms with Gasteiger partial charge in [0, 0.05) is 12.7 Å². The van der Waals surface area contributed by atoms with Gasteiger partial charge in [0.2, 0.25) is 5.91 Å². The molecule has 0 aliphatic heterocycles. The van der Waals surface area contributed by atoms with Gasteiger partial charge in [0.15, 0.2) is 0 Å². The van der Waals surface area contributed by atoms with Gasteiger partial charge in [-0.25, -0.2) is 0 Å². The van der Waals surface area contributed by atoms with Gasteiger partial charge in [0.05, 0.1) is 25.3 Å². The van der Waals surface area contributed by atoms with Crippen LogP contribution in [-0.2, 0) is 11.3 Å². The van der Waals surface area contributed by atoms with Crippen molar-refractivity contribution in [2.75, 3.05) is 13.1 Å². The molecule has 1 atom stereocenters. The Kier molecular flexibility index (Phi) is 5.08. The normalized spacial score (nSPS) is 15.3. The second-order valence-corrected chi connectivity index (χ2v) is 6.25. The largest absolute Gasteiger partial charge is 0.348 e. The molecular weight excluding hydrogens is 288 g/mol. The Hall–Kier alpha value is -2.14. The molecule has 0 saturated heterocycles. The minimum absolute atomic E-state index is 0.0578. The zero-order valence-electron chi connectivity index (χ0n) is 13.5. The van der Waals surface area contributed by atoms with E-state index in [1.807, 2.05) is 42.2 Å². The van der Waals surface area contributed by atoms with Crippen molar-refractivity contribution in [3.05, 3.63) is 53.9 Å². The summed E-state index contributed by atoms with van der Waals surface area (Å²) in [6.07, 6.45) is 6.24. The highest BCUT2D eigenvalue weighted by Gasteiger charge is 2.33. The van der Waals surface area contributed by atoms with E-state index in [0.717, 1.165) is 18.7 Å². The van der Waals surface area contributed by atoms with Crippen LogP contribution >= 0.6 is 0 Å². The molecule has 1 unspecified atom stereocenters. The van der Waals surface area contributed by atoms with Crippen molar-refractivity contribution >= 4 is 5.91 Å². The van der Waals surface area contributed by atoms with Gasteiger partial charge in [0.25, 0.3) is 0 Å². The molecule has 1 saturated carbocycles. The summed E-state index contributed by atoms with van der Waals surface area (Å²) in [6, 6.07) is 10.4. The van der Waals surface area contributed by atoms with Crippen LogP contribution in [0.5, 0.6) is 0 Å². The number of rotatable bonds is 8. The number of aryl methyl sites for hydroxylation is 1. The minimum Gasteiger partial charge on any atom is -0.348 e. The number of nitrogens with one attached hydrogen (secondary N) is 2. The lowest BCUT2D eigenvalue weighted by Gasteiger charge is -2.19. The van der Waals surface area contributed by atoms with Crippen LogP contribution < -0.4 is 10.6 Å². The van der Waals surface area contributed by atoms with Gasteiger partial charge in [-0.15, -0.1) is 0 Å². The van der Waals surface area contributed by atoms with Gasteiger partial charge in [-0.2, -0.15) is 5.10 Å². The fourth-order valence-electron chi connectivity index (χ4n) is 2.77. The predicted molar refractivity (Wildman–Crippen MR) is 89.9 cm³/mol. The molecule has 1 aliphatic rings. The van der Waals surface area contributed by atoms with Crippen LogP contribution in [0.25, 0.3) is 0 Å². The lowest BCUT2D eigenvalue weighted by Crippen LogP contribution is -2.38. The number of hydrogen-bond acceptors (Lipinski definition) is 3. The number of benzene rings is 1. The summed E-state index contributed by atoms with van der Waals surface area (Å²) < 4.78 is 1.89. The molecule has 1 fully saturated rings. The molecule has 1 aliphatic carbocycles. The molecule has 0 bridgehead atoms. The standard InChI is InChI=1S/C18H24N4O/c1-14-11-20-22(13-14)10-9-19-12-17(23)21-18(16-7-8-16)15-5-3-2-4-6-15/h2-6,11,13,16,18-19H,7-10,12H2,1H3,(H,21,23). The van der Waals surface area contributed by atoms with Crippen LogP contribution in [0.15, 0.2) is 42.7 Å². The maximum absolute atomic E-state index is 12.2. The predicted octanol–water partition coefficient (Wildman–Crippen LogP) is 2.05. The molecule has 1 amide bonds. The second kappa shape index (κ2) is 7.42. The smallest absolute Gasteiger partial charge is 0.234 e. The van der Waals surface area contributed by atoms with Crippen LogP contribution in [0.1, 0.15) is 30.0 Å². The first kappa shape index (κ1) is 15.7. The lowest BCUT2D eigenvalue weighted by atomic mass is 10.0. The summed E-state index contributed by atoms with van der Waals surface area (Å²) in [5.41, 5.74) is 2.35. The number of carbonyl (C=O) groups excluding carboxylic acids is 1. The molecule has 1 aromatic heterocycles. The molecule has 2 N–H and O–H groups in total. The number of aromatic nitrogens is 2. The van der Waals surface area contributed by atoms with E-state index in [4.69, 9.17) is 0 Å². The zero-order chi connectivity index (χ0) is 16.1. The molecule has 23 heavy (non-hydrogen) atoms. The molecule has 1 aromatic carbocycles. The molecular formula is C18H24N4O. The highest BCUT2D eigenvalue weighted by molar-refractivity contribution is 5.78. The topological polar surface area (TPSA) is 59.0 Å². The molecule has 122 valence electrons. The average Bonchev–Trinajstić information content (AvgIpc) is 3.32. The monoisotopic (exact) mass is 312 g/mol. The SMILES string of the molecule is Cc1cnn(CCNCC(=O)NC(c2ccccc2)C2CC2)c1. The Labute approximate surface area is 137 Å². The van der Waals surface area contributed by atoms with E-state index in [1.165, 1.54) is 18.4 Å². The first-order valence-electron chi connectivity index (χ1n) is 8.26. The van der Waals surface area contributed by atoms with Crippen LogP contribution in [0.3, 0.4) is 0 Å². The van der Waals surface area contributed by atoms with Gasteiger partial charge >= 0.3 is 0 Å². The highest BCUT2D eigenvalue weighted by Crippen LogP contribution is 2.40. The molecule has 5 heteroatoms. The summed E-state index contributed by atoms with van der Waals surface area (Å²) in [5, 5.41) is 10.6. The number of nitrogens with zero attached hydrogens (tertiary/aromatic N) is 2. The first-order valence-corrected chi connectivity index (χ1v) is 8.26. The molecule has 0 spiro atoms. The van der Waals surface area contributed by atoms with Crippen LogP contribution in [0.2, 0.25) is 0 Å². The van der Waals surface area contributed by atoms with Gasteiger partial charge in [-0.3, -0.25) is 9.48 Å². The Morgan fingerprint density at radius 1 is 1.35 bits per heavy atom. The van der Waals surface area contributed by atoms with Crippen molar-refractivity contribution < 1.29 is 4.79 Å². The maximum Gasteiger partial charge on any atom is 0.234 e.